The summed E-state index contributed by atoms with van der Waals surface area (Å²) in [4.78, 5) is 23.1. The van der Waals surface area contributed by atoms with Crippen LogP contribution in [0.15, 0.2) is 30.3 Å². The molecule has 0 aliphatic rings. The minimum Gasteiger partial charge on any atom is -0.464 e. The molecule has 0 saturated heterocycles. The molecule has 0 heterocycles. The van der Waals surface area contributed by atoms with Crippen LogP contribution < -0.4 is 16.4 Å². The fraction of sp³-hybridized carbons (Fsp3) is 0.467. The maximum Gasteiger partial charge on any atom is 0.324 e. The molecule has 4 N–H and O–H groups in total. The zero-order valence-electron chi connectivity index (χ0n) is 12.3. The van der Waals surface area contributed by atoms with Crippen molar-refractivity contribution >= 4 is 12.0 Å². The van der Waals surface area contributed by atoms with Crippen molar-refractivity contribution in [2.24, 2.45) is 5.73 Å². The first kappa shape index (κ1) is 17.0. The second-order valence-corrected chi connectivity index (χ2v) is 4.68. The third-order valence-corrected chi connectivity index (χ3v) is 2.82. The number of carbonyl (C=O) groups is 2. The van der Waals surface area contributed by atoms with Crippen molar-refractivity contribution in [3.8, 4) is 0 Å². The molecule has 6 heteroatoms. The summed E-state index contributed by atoms with van der Waals surface area (Å²) in [5.41, 5.74) is 6.63. The van der Waals surface area contributed by atoms with Gasteiger partial charge in [-0.05, 0) is 12.0 Å². The Kier molecular flexibility index (Phi) is 7.89. The Morgan fingerprint density at radius 1 is 1.24 bits per heavy atom. The molecule has 0 bridgehead atoms. The summed E-state index contributed by atoms with van der Waals surface area (Å²) in [6.07, 6.45) is 1.76. The van der Waals surface area contributed by atoms with Crippen LogP contribution in [0.25, 0.3) is 0 Å². The van der Waals surface area contributed by atoms with E-state index in [-0.39, 0.29) is 12.6 Å². The zero-order valence-corrected chi connectivity index (χ0v) is 12.3. The smallest absolute Gasteiger partial charge is 0.324 e. The number of unbranched alkanes of at least 4 members (excludes halogenated alkanes) is 1. The summed E-state index contributed by atoms with van der Waals surface area (Å²) in [6, 6.07) is 8.33. The summed E-state index contributed by atoms with van der Waals surface area (Å²) in [6.45, 7) is 2.84. The highest BCUT2D eigenvalue weighted by atomic mass is 16.5. The molecule has 1 aromatic carbocycles. The van der Waals surface area contributed by atoms with Gasteiger partial charge >= 0.3 is 12.0 Å². The Labute approximate surface area is 125 Å². The van der Waals surface area contributed by atoms with Crippen LogP contribution in [0, 0.1) is 0 Å². The van der Waals surface area contributed by atoms with E-state index < -0.39 is 12.0 Å². The Bertz CT molecular complexity index is 437. The number of carbonyl (C=O) groups excluding carboxylic acids is 2. The topological polar surface area (TPSA) is 93.4 Å². The van der Waals surface area contributed by atoms with Crippen molar-refractivity contribution in [2.45, 2.75) is 32.4 Å². The normalized spacial score (nSPS) is 11.5. The molecule has 1 rings (SSSR count). The molecule has 1 atom stereocenters. The molecule has 6 nitrogen and oxygen atoms in total. The van der Waals surface area contributed by atoms with Gasteiger partial charge in [0.05, 0.1) is 6.61 Å². The van der Waals surface area contributed by atoms with Gasteiger partial charge in [-0.1, -0.05) is 43.7 Å². The average Bonchev–Trinajstić information content (AvgIpc) is 2.51. The zero-order chi connectivity index (χ0) is 15.5. The largest absolute Gasteiger partial charge is 0.464 e. The second-order valence-electron chi connectivity index (χ2n) is 4.68. The van der Waals surface area contributed by atoms with Gasteiger partial charge in [-0.15, -0.1) is 0 Å². The Morgan fingerprint density at radius 2 is 1.95 bits per heavy atom. The van der Waals surface area contributed by atoms with E-state index in [0.717, 1.165) is 18.4 Å². The van der Waals surface area contributed by atoms with Crippen LogP contribution in [0.2, 0.25) is 0 Å². The number of hydrogen-bond acceptors (Lipinski definition) is 4. The molecular formula is C15H23N3O3. The number of esters is 1. The average molecular weight is 293 g/mol. The summed E-state index contributed by atoms with van der Waals surface area (Å²) >= 11 is 0. The number of nitrogens with two attached hydrogens (primary N) is 1. The van der Waals surface area contributed by atoms with Crippen LogP contribution in [0.4, 0.5) is 4.79 Å². The Balaban J connectivity index is 2.18. The molecule has 1 aromatic rings. The molecule has 0 aliphatic carbocycles. The lowest BCUT2D eigenvalue weighted by atomic mass is 10.2. The van der Waals surface area contributed by atoms with E-state index in [4.69, 9.17) is 10.5 Å². The van der Waals surface area contributed by atoms with Gasteiger partial charge in [-0.2, -0.15) is 0 Å². The lowest BCUT2D eigenvalue weighted by Crippen LogP contribution is -2.46. The fourth-order valence-corrected chi connectivity index (χ4v) is 1.55. The Morgan fingerprint density at radius 3 is 2.62 bits per heavy atom. The monoisotopic (exact) mass is 293 g/mol. The van der Waals surface area contributed by atoms with E-state index in [1.165, 1.54) is 0 Å². The van der Waals surface area contributed by atoms with Crippen LogP contribution >= 0.6 is 0 Å². The van der Waals surface area contributed by atoms with Crippen molar-refractivity contribution in [3.05, 3.63) is 35.9 Å². The van der Waals surface area contributed by atoms with Gasteiger partial charge in [0, 0.05) is 13.1 Å². The molecule has 21 heavy (non-hydrogen) atoms. The van der Waals surface area contributed by atoms with Gasteiger partial charge in [0.2, 0.25) is 0 Å². The maximum atomic E-state index is 11.6. The van der Waals surface area contributed by atoms with Gasteiger partial charge in [-0.3, -0.25) is 4.79 Å². The minimum atomic E-state index is -0.843. The lowest BCUT2D eigenvalue weighted by molar-refractivity contribution is -0.145. The molecule has 0 radical (unpaired) electrons. The molecule has 2 amide bonds. The van der Waals surface area contributed by atoms with Crippen molar-refractivity contribution in [2.75, 3.05) is 13.2 Å². The number of hydrogen-bond donors (Lipinski definition) is 3. The van der Waals surface area contributed by atoms with Gasteiger partial charge in [0.15, 0.2) is 0 Å². The van der Waals surface area contributed by atoms with Gasteiger partial charge in [0.1, 0.15) is 6.04 Å². The molecule has 0 unspecified atom stereocenters. The maximum absolute atomic E-state index is 11.6. The summed E-state index contributed by atoms with van der Waals surface area (Å²) in [7, 11) is 0. The predicted molar refractivity (Wildman–Crippen MR) is 80.5 cm³/mol. The second kappa shape index (κ2) is 9.77. The third kappa shape index (κ3) is 7.31. The number of urea groups is 1. The number of rotatable bonds is 8. The van der Waals surface area contributed by atoms with Crippen LogP contribution in [-0.4, -0.2) is 31.2 Å². The number of ether oxygens (including phenoxy) is 1. The lowest BCUT2D eigenvalue weighted by Gasteiger charge is -2.13. The summed E-state index contributed by atoms with van der Waals surface area (Å²) in [5, 5.41) is 5.24. The molecule has 116 valence electrons. The summed E-state index contributed by atoms with van der Waals surface area (Å²) in [5.74, 6) is -0.494. The van der Waals surface area contributed by atoms with E-state index in [1.807, 2.05) is 37.3 Å². The summed E-state index contributed by atoms with van der Waals surface area (Å²) < 4.78 is 4.97. The van der Waals surface area contributed by atoms with Crippen LogP contribution in [0.5, 0.6) is 0 Å². The van der Waals surface area contributed by atoms with Crippen molar-refractivity contribution in [1.82, 2.24) is 10.6 Å². The molecular weight excluding hydrogens is 270 g/mol. The highest BCUT2D eigenvalue weighted by molar-refractivity contribution is 5.78. The van der Waals surface area contributed by atoms with Gasteiger partial charge in [0.25, 0.3) is 0 Å². The van der Waals surface area contributed by atoms with E-state index in [0.29, 0.717) is 13.2 Å². The molecule has 0 spiro atoms. The first-order valence-electron chi connectivity index (χ1n) is 7.11. The SMILES string of the molecule is CCCCOC(=O)[C@@H](N)CNC(=O)NCc1ccccc1. The van der Waals surface area contributed by atoms with Gasteiger partial charge < -0.3 is 21.1 Å². The highest BCUT2D eigenvalue weighted by Gasteiger charge is 2.15. The molecule has 0 fully saturated rings. The molecule has 0 saturated carbocycles. The minimum absolute atomic E-state index is 0.0472. The first-order valence-corrected chi connectivity index (χ1v) is 7.11. The number of benzene rings is 1. The van der Waals surface area contributed by atoms with Crippen molar-refractivity contribution in [3.63, 3.8) is 0 Å². The van der Waals surface area contributed by atoms with E-state index in [9.17, 15) is 9.59 Å². The quantitative estimate of drug-likeness (QED) is 0.495. The van der Waals surface area contributed by atoms with Crippen LogP contribution in [0.3, 0.4) is 0 Å². The van der Waals surface area contributed by atoms with Crippen molar-refractivity contribution < 1.29 is 14.3 Å². The van der Waals surface area contributed by atoms with E-state index in [1.54, 1.807) is 0 Å². The van der Waals surface area contributed by atoms with E-state index in [2.05, 4.69) is 10.6 Å². The third-order valence-electron chi connectivity index (χ3n) is 2.82. The predicted octanol–water partition coefficient (Wildman–Crippen LogP) is 1.16. The number of nitrogens with one attached hydrogen (secondary N) is 2. The van der Waals surface area contributed by atoms with Crippen LogP contribution in [0.1, 0.15) is 25.3 Å². The Hall–Kier alpha value is -2.08. The fourth-order valence-electron chi connectivity index (χ4n) is 1.55. The highest BCUT2D eigenvalue weighted by Crippen LogP contribution is 1.96. The van der Waals surface area contributed by atoms with Crippen molar-refractivity contribution in [1.29, 1.82) is 0 Å². The van der Waals surface area contributed by atoms with E-state index >= 15 is 0 Å². The standard InChI is InChI=1S/C15H23N3O3/c1-2-3-9-21-14(19)13(16)11-18-15(20)17-10-12-7-5-4-6-8-12/h4-8,13H,2-3,9-11,16H2,1H3,(H2,17,18,20)/t13-/m0/s1. The number of amides is 2. The van der Waals surface area contributed by atoms with Crippen LogP contribution in [-0.2, 0) is 16.1 Å². The molecule has 0 aliphatic heterocycles. The first-order chi connectivity index (χ1) is 10.1. The molecule has 0 aromatic heterocycles. The van der Waals surface area contributed by atoms with Gasteiger partial charge in [-0.25, -0.2) is 4.79 Å².